The molecule has 6 heteroatoms. The zero-order chi connectivity index (χ0) is 16.0. The Hall–Kier alpha value is -0.620. The van der Waals surface area contributed by atoms with Gasteiger partial charge in [-0.2, -0.15) is 0 Å². The molecule has 0 aliphatic rings. The Morgan fingerprint density at radius 3 is 2.62 bits per heavy atom. The molecule has 0 saturated heterocycles. The van der Waals surface area contributed by atoms with Crippen molar-refractivity contribution in [3.05, 3.63) is 21.3 Å². The summed E-state index contributed by atoms with van der Waals surface area (Å²) in [5, 5.41) is 2.94. The van der Waals surface area contributed by atoms with Crippen molar-refractivity contribution in [2.24, 2.45) is 11.7 Å². The molecule has 0 aliphatic heterocycles. The summed E-state index contributed by atoms with van der Waals surface area (Å²) >= 11 is 7.55. The fraction of sp³-hybridized carbons (Fsp3) is 0.667. The number of nitrogens with one attached hydrogen (secondary N) is 1. The Morgan fingerprint density at radius 2 is 2.14 bits per heavy atom. The van der Waals surface area contributed by atoms with Gasteiger partial charge in [0.25, 0.3) is 0 Å². The van der Waals surface area contributed by atoms with Gasteiger partial charge in [-0.3, -0.25) is 9.69 Å². The van der Waals surface area contributed by atoms with Crippen LogP contribution in [0.25, 0.3) is 0 Å². The average Bonchev–Trinajstić information content (AvgIpc) is 2.82. The van der Waals surface area contributed by atoms with Crippen LogP contribution < -0.4 is 11.1 Å². The molecule has 1 aromatic heterocycles. The molecule has 0 fully saturated rings. The third kappa shape index (κ3) is 5.94. The number of nitrogens with zero attached hydrogens (tertiary/aromatic N) is 1. The molecule has 3 N–H and O–H groups in total. The van der Waals surface area contributed by atoms with Gasteiger partial charge in [0.05, 0.1) is 16.9 Å². The fourth-order valence-corrected chi connectivity index (χ4v) is 3.47. The monoisotopic (exact) mass is 331 g/mol. The highest BCUT2D eigenvalue weighted by Gasteiger charge is 2.26. The summed E-state index contributed by atoms with van der Waals surface area (Å²) in [5.41, 5.74) is 6.25. The van der Waals surface area contributed by atoms with Gasteiger partial charge in [-0.05, 0) is 31.5 Å². The lowest BCUT2D eigenvalue weighted by atomic mass is 10.0. The molecule has 0 saturated carbocycles. The van der Waals surface area contributed by atoms with Crippen LogP contribution in [0.4, 0.5) is 0 Å². The normalized spacial score (nSPS) is 14.5. The fourth-order valence-electron chi connectivity index (χ4n) is 2.16. The van der Waals surface area contributed by atoms with Crippen molar-refractivity contribution in [2.75, 3.05) is 20.1 Å². The summed E-state index contributed by atoms with van der Waals surface area (Å²) in [4.78, 5) is 15.1. The molecule has 0 radical (unpaired) electrons. The van der Waals surface area contributed by atoms with Crippen molar-refractivity contribution in [3.63, 3.8) is 0 Å². The molecule has 0 aliphatic carbocycles. The van der Waals surface area contributed by atoms with Crippen molar-refractivity contribution >= 4 is 28.8 Å². The van der Waals surface area contributed by atoms with E-state index in [9.17, 15) is 4.79 Å². The first-order valence-corrected chi connectivity index (χ1v) is 8.52. The van der Waals surface area contributed by atoms with Crippen molar-refractivity contribution in [3.8, 4) is 0 Å². The second-order valence-corrected chi connectivity index (χ2v) is 7.52. The molecule has 120 valence electrons. The predicted molar refractivity (Wildman–Crippen MR) is 90.8 cm³/mol. The second kappa shape index (κ2) is 8.73. The maximum atomic E-state index is 12.0. The number of rotatable bonds is 8. The number of hydrogen-bond donors (Lipinski definition) is 2. The highest BCUT2D eigenvalue weighted by molar-refractivity contribution is 7.16. The van der Waals surface area contributed by atoms with Gasteiger partial charge in [-0.25, -0.2) is 0 Å². The SMILES string of the molecule is CCC(N)C(c1ccc(Cl)s1)N(C)CC(=O)NCC(C)C. The van der Waals surface area contributed by atoms with Gasteiger partial charge in [-0.15, -0.1) is 11.3 Å². The van der Waals surface area contributed by atoms with Gasteiger partial charge in [0, 0.05) is 17.5 Å². The number of nitrogens with two attached hydrogens (primary N) is 1. The van der Waals surface area contributed by atoms with Crippen molar-refractivity contribution in [1.82, 2.24) is 10.2 Å². The van der Waals surface area contributed by atoms with E-state index in [1.54, 1.807) is 0 Å². The van der Waals surface area contributed by atoms with Crippen molar-refractivity contribution in [1.29, 1.82) is 0 Å². The van der Waals surface area contributed by atoms with Gasteiger partial charge in [0.1, 0.15) is 0 Å². The zero-order valence-electron chi connectivity index (χ0n) is 13.2. The molecule has 1 heterocycles. The smallest absolute Gasteiger partial charge is 0.234 e. The summed E-state index contributed by atoms with van der Waals surface area (Å²) in [6.07, 6.45) is 0.845. The maximum Gasteiger partial charge on any atom is 0.234 e. The first-order chi connectivity index (χ1) is 9.85. The molecule has 0 bridgehead atoms. The van der Waals surface area contributed by atoms with E-state index in [2.05, 4.69) is 26.1 Å². The third-order valence-corrected chi connectivity index (χ3v) is 4.64. The first kappa shape index (κ1) is 18.4. The second-order valence-electron chi connectivity index (χ2n) is 5.77. The molecule has 1 amide bonds. The van der Waals surface area contributed by atoms with Crippen molar-refractivity contribution in [2.45, 2.75) is 39.3 Å². The van der Waals surface area contributed by atoms with E-state index < -0.39 is 0 Å². The van der Waals surface area contributed by atoms with Crippen LogP contribution in [-0.4, -0.2) is 37.0 Å². The number of halogens is 1. The number of hydrogen-bond acceptors (Lipinski definition) is 4. The third-order valence-electron chi connectivity index (χ3n) is 3.34. The standard InChI is InChI=1S/C15H26ClN3OS/c1-5-11(17)15(12-6-7-13(16)21-12)19(4)9-14(20)18-8-10(2)3/h6-7,10-11,15H,5,8-9,17H2,1-4H3,(H,18,20). The molecule has 1 rings (SSSR count). The van der Waals surface area contributed by atoms with E-state index in [0.29, 0.717) is 19.0 Å². The van der Waals surface area contributed by atoms with E-state index >= 15 is 0 Å². The Bertz CT molecular complexity index is 450. The van der Waals surface area contributed by atoms with E-state index in [-0.39, 0.29) is 18.0 Å². The predicted octanol–water partition coefficient (Wildman–Crippen LogP) is 2.88. The number of thiophene rings is 1. The highest BCUT2D eigenvalue weighted by Crippen LogP contribution is 2.32. The van der Waals surface area contributed by atoms with Crippen LogP contribution in [0.3, 0.4) is 0 Å². The lowest BCUT2D eigenvalue weighted by Gasteiger charge is -2.31. The molecule has 1 aromatic rings. The average molecular weight is 332 g/mol. The van der Waals surface area contributed by atoms with Gasteiger partial charge >= 0.3 is 0 Å². The first-order valence-electron chi connectivity index (χ1n) is 7.32. The Morgan fingerprint density at radius 1 is 1.48 bits per heavy atom. The minimum Gasteiger partial charge on any atom is -0.355 e. The molecular formula is C15H26ClN3OS. The Balaban J connectivity index is 2.72. The number of carbonyl (C=O) groups is 1. The molecule has 4 nitrogen and oxygen atoms in total. The highest BCUT2D eigenvalue weighted by atomic mass is 35.5. The summed E-state index contributed by atoms with van der Waals surface area (Å²) in [5.74, 6) is 0.478. The Labute approximate surface area is 136 Å². The summed E-state index contributed by atoms with van der Waals surface area (Å²) < 4.78 is 0.746. The van der Waals surface area contributed by atoms with Gasteiger partial charge < -0.3 is 11.1 Å². The lowest BCUT2D eigenvalue weighted by Crippen LogP contribution is -2.43. The van der Waals surface area contributed by atoms with Crippen LogP contribution in [0.2, 0.25) is 4.34 Å². The van der Waals surface area contributed by atoms with Crippen molar-refractivity contribution < 1.29 is 4.79 Å². The van der Waals surface area contributed by atoms with Crippen LogP contribution in [0.15, 0.2) is 12.1 Å². The van der Waals surface area contributed by atoms with E-state index in [1.165, 1.54) is 11.3 Å². The number of amides is 1. The summed E-state index contributed by atoms with van der Waals surface area (Å²) in [6, 6.07) is 3.86. The molecule has 2 unspecified atom stereocenters. The quantitative estimate of drug-likeness (QED) is 0.770. The maximum absolute atomic E-state index is 12.0. The van der Waals surface area contributed by atoms with Crippen LogP contribution in [-0.2, 0) is 4.79 Å². The van der Waals surface area contributed by atoms with Gasteiger partial charge in [0.15, 0.2) is 0 Å². The summed E-state index contributed by atoms with van der Waals surface area (Å²) in [6.45, 7) is 7.24. The minimum atomic E-state index is -0.0254. The van der Waals surface area contributed by atoms with Gasteiger partial charge in [-0.1, -0.05) is 32.4 Å². The zero-order valence-corrected chi connectivity index (χ0v) is 14.8. The van der Waals surface area contributed by atoms with Crippen LogP contribution in [0.5, 0.6) is 0 Å². The number of carbonyl (C=O) groups excluding carboxylic acids is 1. The van der Waals surface area contributed by atoms with E-state index in [0.717, 1.165) is 15.6 Å². The lowest BCUT2D eigenvalue weighted by molar-refractivity contribution is -0.122. The molecule has 0 spiro atoms. The number of likely N-dealkylation sites (N-methyl/N-ethyl adjacent to an activating group) is 1. The molecule has 2 atom stereocenters. The topological polar surface area (TPSA) is 58.4 Å². The molecule has 21 heavy (non-hydrogen) atoms. The molecular weight excluding hydrogens is 306 g/mol. The Kier molecular flexibility index (Phi) is 7.66. The van der Waals surface area contributed by atoms with Crippen LogP contribution in [0, 0.1) is 5.92 Å². The van der Waals surface area contributed by atoms with Crippen LogP contribution in [0.1, 0.15) is 38.1 Å². The van der Waals surface area contributed by atoms with E-state index in [4.69, 9.17) is 17.3 Å². The van der Waals surface area contributed by atoms with E-state index in [1.807, 2.05) is 24.1 Å². The summed E-state index contributed by atoms with van der Waals surface area (Å²) in [7, 11) is 1.93. The largest absolute Gasteiger partial charge is 0.355 e. The van der Waals surface area contributed by atoms with Crippen LogP contribution >= 0.6 is 22.9 Å². The molecule has 0 aromatic carbocycles. The minimum absolute atomic E-state index is 0.0114. The van der Waals surface area contributed by atoms with Gasteiger partial charge in [0.2, 0.25) is 5.91 Å².